The first-order valence-electron chi connectivity index (χ1n) is 4.29. The summed E-state index contributed by atoms with van der Waals surface area (Å²) in [5.74, 6) is -0.193. The molecule has 0 bridgehead atoms. The molecule has 0 aliphatic rings. The Morgan fingerprint density at radius 1 is 1.38 bits per heavy atom. The number of nitrogens with zero attached hydrogens (tertiary/aromatic N) is 5. The zero-order valence-electron chi connectivity index (χ0n) is 8.36. The van der Waals surface area contributed by atoms with Gasteiger partial charge in [-0.25, -0.2) is 15.0 Å². The van der Waals surface area contributed by atoms with Crippen LogP contribution in [0.4, 0.5) is 0 Å². The van der Waals surface area contributed by atoms with Gasteiger partial charge in [-0.2, -0.15) is 4.68 Å². The van der Waals surface area contributed by atoms with Gasteiger partial charge in [-0.15, -0.1) is 16.9 Å². The van der Waals surface area contributed by atoms with E-state index in [1.165, 1.54) is 22.8 Å². The summed E-state index contributed by atoms with van der Waals surface area (Å²) in [6.45, 7) is 0. The van der Waals surface area contributed by atoms with E-state index in [0.29, 0.717) is 10.8 Å². The molecule has 0 fully saturated rings. The molecule has 82 valence electrons. The third-order valence-corrected chi connectivity index (χ3v) is 2.44. The zero-order chi connectivity index (χ0) is 11.5. The first-order chi connectivity index (χ1) is 7.72. The summed E-state index contributed by atoms with van der Waals surface area (Å²) in [7, 11) is 0. The van der Waals surface area contributed by atoms with Gasteiger partial charge in [-0.3, -0.25) is 4.79 Å². The number of thioether (sulfide) groups is 1. The predicted molar refractivity (Wildman–Crippen MR) is 57.2 cm³/mol. The van der Waals surface area contributed by atoms with Crippen molar-refractivity contribution in [3.8, 4) is 5.82 Å². The molecule has 2 N–H and O–H groups in total. The van der Waals surface area contributed by atoms with E-state index in [-0.39, 0.29) is 5.82 Å². The minimum atomic E-state index is -0.673. The smallest absolute Gasteiger partial charge is 0.288 e. The number of hydrogen-bond donors (Lipinski definition) is 1. The molecule has 0 aromatic carbocycles. The van der Waals surface area contributed by atoms with Gasteiger partial charge in [0.05, 0.1) is 0 Å². The number of carbonyl (C=O) groups is 1. The Morgan fingerprint density at radius 3 is 2.75 bits per heavy atom. The fourth-order valence-corrected chi connectivity index (χ4v) is 1.59. The Balaban J connectivity index is 2.46. The maximum atomic E-state index is 10.8. The van der Waals surface area contributed by atoms with Gasteiger partial charge < -0.3 is 5.73 Å². The van der Waals surface area contributed by atoms with E-state index in [2.05, 4.69) is 20.1 Å². The molecule has 0 unspecified atom stereocenters. The van der Waals surface area contributed by atoms with E-state index in [4.69, 9.17) is 5.73 Å². The van der Waals surface area contributed by atoms with Gasteiger partial charge in [0.15, 0.2) is 5.82 Å². The van der Waals surface area contributed by atoms with Crippen molar-refractivity contribution in [2.24, 2.45) is 5.73 Å². The Hall–Kier alpha value is -1.96. The van der Waals surface area contributed by atoms with Crippen molar-refractivity contribution in [2.75, 3.05) is 6.26 Å². The summed E-state index contributed by atoms with van der Waals surface area (Å²) in [6, 6.07) is 0. The van der Waals surface area contributed by atoms with Crippen molar-refractivity contribution in [1.29, 1.82) is 0 Å². The van der Waals surface area contributed by atoms with Crippen LogP contribution in [-0.2, 0) is 0 Å². The standard InChI is InChI=1S/C8H8N6OS/c1-16-8-7(10-2-3-11-8)14-4-12-6(13-14)5(9)15/h2-4H,1H3,(H2,9,15). The molecule has 0 radical (unpaired) electrons. The number of aromatic nitrogens is 5. The summed E-state index contributed by atoms with van der Waals surface area (Å²) >= 11 is 1.43. The minimum absolute atomic E-state index is 0.0438. The van der Waals surface area contributed by atoms with E-state index >= 15 is 0 Å². The molecule has 2 aromatic rings. The Labute approximate surface area is 95.1 Å². The lowest BCUT2D eigenvalue weighted by atomic mass is 10.6. The van der Waals surface area contributed by atoms with Gasteiger partial charge in [0.1, 0.15) is 11.4 Å². The molecule has 0 aliphatic heterocycles. The molecule has 0 saturated carbocycles. The molecule has 16 heavy (non-hydrogen) atoms. The van der Waals surface area contributed by atoms with Crippen molar-refractivity contribution < 1.29 is 4.79 Å². The molecule has 1 amide bonds. The number of hydrogen-bond acceptors (Lipinski definition) is 6. The molecule has 7 nitrogen and oxygen atoms in total. The third kappa shape index (κ3) is 1.87. The maximum Gasteiger partial charge on any atom is 0.288 e. The summed E-state index contributed by atoms with van der Waals surface area (Å²) in [6.07, 6.45) is 6.38. The molecule has 0 aliphatic carbocycles. The van der Waals surface area contributed by atoms with Gasteiger partial charge in [-0.1, -0.05) is 0 Å². The fourth-order valence-electron chi connectivity index (χ4n) is 1.10. The van der Waals surface area contributed by atoms with Gasteiger partial charge >= 0.3 is 0 Å². The highest BCUT2D eigenvalue weighted by Gasteiger charge is 2.11. The number of carbonyl (C=O) groups excluding carboxylic acids is 1. The van der Waals surface area contributed by atoms with Gasteiger partial charge in [0, 0.05) is 12.4 Å². The lowest BCUT2D eigenvalue weighted by molar-refractivity contribution is 0.0990. The number of amides is 1. The van der Waals surface area contributed by atoms with Crippen molar-refractivity contribution in [1.82, 2.24) is 24.7 Å². The third-order valence-electron chi connectivity index (χ3n) is 1.77. The second kappa shape index (κ2) is 4.27. The topological polar surface area (TPSA) is 99.6 Å². The number of nitrogens with two attached hydrogens (primary N) is 1. The second-order valence-corrected chi connectivity index (χ2v) is 3.56. The Kier molecular flexibility index (Phi) is 2.82. The maximum absolute atomic E-state index is 10.8. The largest absolute Gasteiger partial charge is 0.363 e. The summed E-state index contributed by atoms with van der Waals surface area (Å²) in [5, 5.41) is 4.60. The van der Waals surface area contributed by atoms with Gasteiger partial charge in [0.25, 0.3) is 5.91 Å². The minimum Gasteiger partial charge on any atom is -0.363 e. The van der Waals surface area contributed by atoms with E-state index in [1.54, 1.807) is 12.4 Å². The van der Waals surface area contributed by atoms with Gasteiger partial charge in [-0.05, 0) is 6.26 Å². The molecular weight excluding hydrogens is 228 g/mol. The van der Waals surface area contributed by atoms with Crippen LogP contribution in [0.15, 0.2) is 23.7 Å². The normalized spacial score (nSPS) is 10.3. The van der Waals surface area contributed by atoms with E-state index < -0.39 is 5.91 Å². The molecule has 2 heterocycles. The van der Waals surface area contributed by atoms with E-state index in [9.17, 15) is 4.79 Å². The van der Waals surface area contributed by atoms with Gasteiger partial charge in [0.2, 0.25) is 5.82 Å². The molecule has 2 aromatic heterocycles. The zero-order valence-corrected chi connectivity index (χ0v) is 9.18. The predicted octanol–water partition coefficient (Wildman–Crippen LogP) is -0.122. The van der Waals surface area contributed by atoms with Crippen LogP contribution in [-0.4, -0.2) is 36.9 Å². The van der Waals surface area contributed by atoms with Crippen LogP contribution in [0.5, 0.6) is 0 Å². The lowest BCUT2D eigenvalue weighted by Crippen LogP contribution is -2.13. The molecule has 0 atom stereocenters. The second-order valence-electron chi connectivity index (χ2n) is 2.77. The fraction of sp³-hybridized carbons (Fsp3) is 0.125. The summed E-state index contributed by atoms with van der Waals surface area (Å²) in [4.78, 5) is 22.9. The number of rotatable bonds is 3. The first kappa shape index (κ1) is 10.6. The molecular formula is C8H8N6OS. The number of primary amides is 1. The van der Waals surface area contributed by atoms with Crippen LogP contribution >= 0.6 is 11.8 Å². The van der Waals surface area contributed by atoms with E-state index in [1.807, 2.05) is 6.26 Å². The SMILES string of the molecule is CSc1nccnc1-n1cnc(C(N)=O)n1. The lowest BCUT2D eigenvalue weighted by Gasteiger charge is -2.02. The summed E-state index contributed by atoms with van der Waals surface area (Å²) < 4.78 is 1.37. The molecule has 0 saturated heterocycles. The van der Waals surface area contributed by atoms with Crippen LogP contribution in [0.25, 0.3) is 5.82 Å². The van der Waals surface area contributed by atoms with Crippen LogP contribution in [0.2, 0.25) is 0 Å². The van der Waals surface area contributed by atoms with Crippen LogP contribution < -0.4 is 5.73 Å². The van der Waals surface area contributed by atoms with Crippen LogP contribution in [0.1, 0.15) is 10.6 Å². The summed E-state index contributed by atoms with van der Waals surface area (Å²) in [5.41, 5.74) is 5.06. The Bertz CT molecular complexity index is 525. The highest BCUT2D eigenvalue weighted by molar-refractivity contribution is 7.98. The average Bonchev–Trinajstić information content (AvgIpc) is 2.78. The van der Waals surface area contributed by atoms with Crippen molar-refractivity contribution in [3.05, 3.63) is 24.5 Å². The highest BCUT2D eigenvalue weighted by atomic mass is 32.2. The first-order valence-corrected chi connectivity index (χ1v) is 5.51. The quantitative estimate of drug-likeness (QED) is 0.746. The Morgan fingerprint density at radius 2 is 2.12 bits per heavy atom. The van der Waals surface area contributed by atoms with E-state index in [0.717, 1.165) is 0 Å². The molecule has 0 spiro atoms. The monoisotopic (exact) mass is 236 g/mol. The van der Waals surface area contributed by atoms with Crippen molar-refractivity contribution >= 4 is 17.7 Å². The molecule has 8 heteroatoms. The molecule has 2 rings (SSSR count). The average molecular weight is 236 g/mol. The highest BCUT2D eigenvalue weighted by Crippen LogP contribution is 2.17. The van der Waals surface area contributed by atoms with Crippen molar-refractivity contribution in [3.63, 3.8) is 0 Å². The van der Waals surface area contributed by atoms with Crippen LogP contribution in [0.3, 0.4) is 0 Å². The van der Waals surface area contributed by atoms with Crippen LogP contribution in [0, 0.1) is 0 Å². The van der Waals surface area contributed by atoms with Crippen molar-refractivity contribution in [2.45, 2.75) is 5.03 Å².